The summed E-state index contributed by atoms with van der Waals surface area (Å²) in [5.41, 5.74) is 18.6. The van der Waals surface area contributed by atoms with Crippen molar-refractivity contribution in [3.63, 3.8) is 0 Å². The van der Waals surface area contributed by atoms with Gasteiger partial charge in [0.15, 0.2) is 0 Å². The molecule has 75 heavy (non-hydrogen) atoms. The molecule has 0 unspecified atom stereocenters. The van der Waals surface area contributed by atoms with Crippen LogP contribution in [0, 0.1) is 6.92 Å². The van der Waals surface area contributed by atoms with Crippen LogP contribution in [0.4, 0.5) is 23.0 Å². The highest BCUT2D eigenvalue weighted by Crippen LogP contribution is 2.40. The van der Waals surface area contributed by atoms with Crippen LogP contribution in [0.5, 0.6) is 0 Å². The average Bonchev–Trinajstić information content (AvgIpc) is 4.01. The number of nitrogens with one attached hydrogen (secondary N) is 2. The van der Waals surface area contributed by atoms with Crippen LogP contribution in [0.15, 0.2) is 61.0 Å². The zero-order valence-corrected chi connectivity index (χ0v) is 45.9. The standard InChI is InChI=1S/C57H74N12O4S2/c1-7-38-29-43(32-60-50(38)58)63-52(70)56(72)68-35(3)11-8-14-46(68)34(2)16-18-48-37(5)62-54(74-48)40-22-27-67(28-23-40)24-10-13-42-30-44(33-61-51(42)59)64-53(71)57(73)69-36(4)12-9-15-47(69)41-17-19-49-45(31-41)65-55(75-49)39-20-25-66(6)26-21-39/h16-19,29-33,35-36,39-40,46-47H,2,7-15,20-28H2,1,3-6H3,(H2,58,60)(H2,59,61)(H,63,70)(H,64,71)/b18-16-/t35-,36-,46-,47+/m0/s1. The van der Waals surface area contributed by atoms with E-state index in [1.54, 1.807) is 38.5 Å². The molecule has 4 saturated heterocycles. The van der Waals surface area contributed by atoms with Crippen molar-refractivity contribution in [1.29, 1.82) is 0 Å². The summed E-state index contributed by atoms with van der Waals surface area (Å²) in [6, 6.07) is 9.28. The minimum Gasteiger partial charge on any atom is -0.383 e. The maximum absolute atomic E-state index is 14.1. The first-order valence-corrected chi connectivity index (χ1v) is 28.7. The molecule has 398 valence electrons. The molecule has 4 aliphatic heterocycles. The SMILES string of the molecule is C=C(/C=C\c1sc(C2CCN(CCCc3cc(NC(=O)C(=O)N4[C@@H](c5ccc6sc(C7CCN(C)CC7)nc6c5)CCC[C@@H]4C)cnc3N)CC2)nc1C)[C@@H]1CCC[C@H](C)N1C(=O)C(=O)Nc1cnc(N)c(CC)c1. The molecule has 8 heterocycles. The Labute approximate surface area is 449 Å². The van der Waals surface area contributed by atoms with Crippen LogP contribution in [0.25, 0.3) is 16.3 Å². The molecule has 4 atom stereocenters. The second kappa shape index (κ2) is 23.9. The zero-order valence-electron chi connectivity index (χ0n) is 44.3. The number of aryl methyl sites for hydroxylation is 3. The number of carbonyl (C=O) groups excluding carboxylic acids is 4. The molecule has 0 radical (unpaired) electrons. The molecule has 18 heteroatoms. The maximum Gasteiger partial charge on any atom is 0.313 e. The van der Waals surface area contributed by atoms with Crippen LogP contribution < -0.4 is 22.1 Å². The van der Waals surface area contributed by atoms with Crippen LogP contribution in [-0.2, 0) is 32.0 Å². The van der Waals surface area contributed by atoms with Gasteiger partial charge in [-0.25, -0.2) is 19.9 Å². The molecule has 0 bridgehead atoms. The fraction of sp³-hybridized carbons (Fsp3) is 0.509. The molecule has 1 aromatic carbocycles. The second-order valence-corrected chi connectivity index (χ2v) is 23.4. The van der Waals surface area contributed by atoms with Gasteiger partial charge in [0.2, 0.25) is 0 Å². The second-order valence-electron chi connectivity index (χ2n) is 21.3. The van der Waals surface area contributed by atoms with Gasteiger partial charge < -0.3 is 41.7 Å². The minimum atomic E-state index is -0.702. The van der Waals surface area contributed by atoms with Gasteiger partial charge in [0.05, 0.1) is 66.7 Å². The number of hydrogen-bond donors (Lipinski definition) is 4. The van der Waals surface area contributed by atoms with Crippen molar-refractivity contribution in [3.8, 4) is 0 Å². The van der Waals surface area contributed by atoms with Crippen LogP contribution in [0.3, 0.4) is 0 Å². The van der Waals surface area contributed by atoms with Crippen molar-refractivity contribution >= 4 is 85.6 Å². The van der Waals surface area contributed by atoms with Gasteiger partial charge in [-0.2, -0.15) is 0 Å². The number of benzene rings is 1. The van der Waals surface area contributed by atoms with E-state index < -0.39 is 23.6 Å². The maximum atomic E-state index is 14.1. The normalized spacial score (nSPS) is 21.5. The van der Waals surface area contributed by atoms with Crippen molar-refractivity contribution in [2.75, 3.05) is 61.9 Å². The lowest BCUT2D eigenvalue weighted by Crippen LogP contribution is -2.53. The Hall–Kier alpha value is -6.08. The Balaban J connectivity index is 0.748. The number of nitrogens with two attached hydrogens (primary N) is 2. The molecule has 6 N–H and O–H groups in total. The lowest BCUT2D eigenvalue weighted by Gasteiger charge is -2.40. The van der Waals surface area contributed by atoms with Gasteiger partial charge in [0.25, 0.3) is 0 Å². The van der Waals surface area contributed by atoms with Crippen LogP contribution >= 0.6 is 22.7 Å². The molecular weight excluding hydrogens is 981 g/mol. The molecule has 9 rings (SSSR count). The van der Waals surface area contributed by atoms with Gasteiger partial charge in [-0.05, 0) is 197 Å². The summed E-state index contributed by atoms with van der Waals surface area (Å²) >= 11 is 3.50. The average molecular weight is 1060 g/mol. The first-order chi connectivity index (χ1) is 36.1. The Morgan fingerprint density at radius 3 is 2.04 bits per heavy atom. The van der Waals surface area contributed by atoms with Crippen LogP contribution in [0.2, 0.25) is 0 Å². The summed E-state index contributed by atoms with van der Waals surface area (Å²) in [5, 5.41) is 7.94. The Morgan fingerprint density at radius 1 is 0.760 bits per heavy atom. The number of aromatic nitrogens is 4. The molecule has 4 aromatic heterocycles. The molecule has 16 nitrogen and oxygen atoms in total. The predicted octanol–water partition coefficient (Wildman–Crippen LogP) is 9.26. The summed E-state index contributed by atoms with van der Waals surface area (Å²) < 4.78 is 1.16. The van der Waals surface area contributed by atoms with E-state index in [2.05, 4.69) is 68.3 Å². The number of likely N-dealkylation sites (tertiary alicyclic amines) is 4. The van der Waals surface area contributed by atoms with Gasteiger partial charge >= 0.3 is 23.6 Å². The smallest absolute Gasteiger partial charge is 0.313 e. The first kappa shape index (κ1) is 53.7. The lowest BCUT2D eigenvalue weighted by atomic mass is 9.91. The molecule has 5 aromatic rings. The number of nitrogens with zero attached hydrogens (tertiary/aromatic N) is 8. The summed E-state index contributed by atoms with van der Waals surface area (Å²) in [6.07, 6.45) is 18.6. The molecule has 0 spiro atoms. The highest BCUT2D eigenvalue weighted by Gasteiger charge is 2.38. The quantitative estimate of drug-likeness (QED) is 0.0643. The number of thiazole rings is 2. The van der Waals surface area contributed by atoms with Crippen molar-refractivity contribution in [3.05, 3.63) is 98.2 Å². The Bertz CT molecular complexity index is 2940. The number of carbonyl (C=O) groups is 4. The van der Waals surface area contributed by atoms with Crippen molar-refractivity contribution in [2.45, 2.75) is 147 Å². The van der Waals surface area contributed by atoms with Gasteiger partial charge in [-0.3, -0.25) is 19.2 Å². The lowest BCUT2D eigenvalue weighted by molar-refractivity contribution is -0.148. The number of nitrogen functional groups attached to an aromatic ring is 2. The van der Waals surface area contributed by atoms with Crippen molar-refractivity contribution in [1.82, 2.24) is 39.5 Å². The molecule has 0 saturated carbocycles. The summed E-state index contributed by atoms with van der Waals surface area (Å²) in [6.45, 7) is 17.4. The predicted molar refractivity (Wildman–Crippen MR) is 302 cm³/mol. The van der Waals surface area contributed by atoms with Gasteiger partial charge in [0, 0.05) is 23.9 Å². The van der Waals surface area contributed by atoms with Crippen LogP contribution in [0.1, 0.15) is 147 Å². The zero-order chi connectivity index (χ0) is 52.9. The van der Waals surface area contributed by atoms with Gasteiger partial charge in [-0.1, -0.05) is 25.6 Å². The molecule has 4 aliphatic rings. The third-order valence-electron chi connectivity index (χ3n) is 16.0. The summed E-state index contributed by atoms with van der Waals surface area (Å²) in [7, 11) is 2.18. The fourth-order valence-electron chi connectivity index (χ4n) is 11.6. The highest BCUT2D eigenvalue weighted by atomic mass is 32.1. The van der Waals surface area contributed by atoms with Crippen LogP contribution in [-0.4, -0.2) is 121 Å². The number of hydrogen-bond acceptors (Lipinski definition) is 14. The number of fused-ring (bicyclic) bond motifs is 1. The topological polar surface area (TPSA) is 209 Å². The number of amides is 4. The molecule has 0 aliphatic carbocycles. The van der Waals surface area contributed by atoms with E-state index in [0.717, 1.165) is 151 Å². The number of piperidine rings is 4. The fourth-order valence-corrected chi connectivity index (χ4v) is 13.8. The first-order valence-electron chi connectivity index (χ1n) is 27.1. The van der Waals surface area contributed by atoms with E-state index in [1.807, 2.05) is 39.8 Å². The van der Waals surface area contributed by atoms with Crippen molar-refractivity contribution < 1.29 is 19.2 Å². The number of rotatable bonds is 13. The highest BCUT2D eigenvalue weighted by molar-refractivity contribution is 7.18. The number of anilines is 4. The van der Waals surface area contributed by atoms with Gasteiger partial charge in [-0.15, -0.1) is 22.7 Å². The van der Waals surface area contributed by atoms with E-state index in [-0.39, 0.29) is 24.2 Å². The van der Waals surface area contributed by atoms with E-state index in [4.69, 9.17) is 21.4 Å². The third kappa shape index (κ3) is 12.5. The third-order valence-corrected chi connectivity index (χ3v) is 18.5. The monoisotopic (exact) mass is 1050 g/mol. The van der Waals surface area contributed by atoms with Crippen molar-refractivity contribution in [2.24, 2.45) is 0 Å². The minimum absolute atomic E-state index is 0.0908. The summed E-state index contributed by atoms with van der Waals surface area (Å²) in [5.74, 6) is -0.823. The Morgan fingerprint density at radius 2 is 1.36 bits per heavy atom. The largest absolute Gasteiger partial charge is 0.383 e. The van der Waals surface area contributed by atoms with E-state index in [1.165, 1.54) is 17.4 Å². The molecule has 4 fully saturated rings. The molecular formula is C57H74N12O4S2. The van der Waals surface area contributed by atoms with E-state index >= 15 is 0 Å². The summed E-state index contributed by atoms with van der Waals surface area (Å²) in [4.78, 5) is 82.9. The van der Waals surface area contributed by atoms with E-state index in [9.17, 15) is 19.2 Å². The molecule has 4 amide bonds. The van der Waals surface area contributed by atoms with E-state index in [0.29, 0.717) is 47.7 Å². The van der Waals surface area contributed by atoms with Gasteiger partial charge in [0.1, 0.15) is 11.6 Å². The Kier molecular flexibility index (Phi) is 17.1. The number of pyridine rings is 2.